The van der Waals surface area contributed by atoms with Crippen LogP contribution >= 0.6 is 0 Å². The Bertz CT molecular complexity index is 481. The van der Waals surface area contributed by atoms with E-state index in [1.165, 1.54) is 44.1 Å². The third kappa shape index (κ3) is 1.91. The van der Waals surface area contributed by atoms with Crippen LogP contribution in [0.5, 0.6) is 0 Å². The third-order valence-electron chi connectivity index (χ3n) is 5.84. The number of hydrogen-bond donors (Lipinski definition) is 0. The highest BCUT2D eigenvalue weighted by atomic mass is 32.2. The van der Waals surface area contributed by atoms with Gasteiger partial charge >= 0.3 is 0 Å². The van der Waals surface area contributed by atoms with E-state index in [0.717, 1.165) is 22.6 Å². The second-order valence-corrected chi connectivity index (χ2v) is 8.56. The molecule has 1 aromatic carbocycles. The van der Waals surface area contributed by atoms with Crippen molar-refractivity contribution in [1.82, 2.24) is 0 Å². The number of rotatable bonds is 2. The lowest BCUT2D eigenvalue weighted by Crippen LogP contribution is -2.48. The number of hydrogen-bond acceptors (Lipinski definition) is 1. The molecule has 19 heavy (non-hydrogen) atoms. The minimum atomic E-state index is -0.849. The first-order valence-electron chi connectivity index (χ1n) is 7.59. The maximum Gasteiger partial charge on any atom is 0.0498 e. The molecule has 0 spiro atoms. The Hall–Kier alpha value is -0.630. The van der Waals surface area contributed by atoms with E-state index in [1.54, 1.807) is 6.26 Å². The molecule has 5 rings (SSSR count). The minimum Gasteiger partial charge on any atom is -0.255 e. The van der Waals surface area contributed by atoms with Crippen LogP contribution in [0.15, 0.2) is 29.2 Å². The molecule has 0 saturated heterocycles. The normalized spacial score (nSPS) is 41.4. The van der Waals surface area contributed by atoms with Crippen molar-refractivity contribution in [3.8, 4) is 0 Å². The Morgan fingerprint density at radius 3 is 1.84 bits per heavy atom. The van der Waals surface area contributed by atoms with Crippen molar-refractivity contribution in [1.29, 1.82) is 0 Å². The fraction of sp³-hybridized carbons (Fsp3) is 0.647. The molecule has 0 aromatic heterocycles. The average Bonchev–Trinajstić information content (AvgIpc) is 2.37. The molecule has 1 nitrogen and oxygen atoms in total. The van der Waals surface area contributed by atoms with Crippen molar-refractivity contribution < 1.29 is 4.21 Å². The highest BCUT2D eigenvalue weighted by Crippen LogP contribution is 2.60. The van der Waals surface area contributed by atoms with Gasteiger partial charge in [-0.3, -0.25) is 4.21 Å². The molecule has 2 heteroatoms. The zero-order valence-corrected chi connectivity index (χ0v) is 12.4. The van der Waals surface area contributed by atoms with E-state index < -0.39 is 10.8 Å². The highest BCUT2D eigenvalue weighted by Gasteiger charge is 2.51. The topological polar surface area (TPSA) is 17.1 Å². The van der Waals surface area contributed by atoms with E-state index in [2.05, 4.69) is 24.3 Å². The molecule has 0 amide bonds. The molecule has 0 radical (unpaired) electrons. The molecular weight excluding hydrogens is 252 g/mol. The fourth-order valence-corrected chi connectivity index (χ4v) is 5.98. The van der Waals surface area contributed by atoms with Crippen molar-refractivity contribution in [2.45, 2.75) is 48.8 Å². The SMILES string of the molecule is CS(=O)c1ccc(C23CC4CC(CC(C4)C2)C3)cc1. The van der Waals surface area contributed by atoms with Crippen LogP contribution in [0, 0.1) is 17.8 Å². The summed E-state index contributed by atoms with van der Waals surface area (Å²) < 4.78 is 11.5. The lowest BCUT2D eigenvalue weighted by molar-refractivity contribution is -0.00521. The Kier molecular flexibility index (Phi) is 2.67. The van der Waals surface area contributed by atoms with Crippen LogP contribution in [0.1, 0.15) is 44.1 Å². The molecule has 4 fully saturated rings. The molecule has 4 aliphatic rings. The Morgan fingerprint density at radius 2 is 1.42 bits per heavy atom. The second kappa shape index (κ2) is 4.18. The molecule has 0 aliphatic heterocycles. The Balaban J connectivity index is 1.69. The molecule has 0 heterocycles. The van der Waals surface area contributed by atoms with Crippen LogP contribution in [0.2, 0.25) is 0 Å². The Morgan fingerprint density at radius 1 is 0.947 bits per heavy atom. The lowest BCUT2D eigenvalue weighted by Gasteiger charge is -2.57. The van der Waals surface area contributed by atoms with Gasteiger partial charge in [-0.05, 0) is 79.4 Å². The van der Waals surface area contributed by atoms with Gasteiger partial charge in [0.05, 0.1) is 0 Å². The zero-order chi connectivity index (χ0) is 13.0. The second-order valence-electron chi connectivity index (χ2n) is 7.18. The summed E-state index contributed by atoms with van der Waals surface area (Å²) in [6.07, 6.45) is 10.5. The molecule has 1 aromatic rings. The van der Waals surface area contributed by atoms with Gasteiger partial charge in [-0.25, -0.2) is 0 Å². The lowest BCUT2D eigenvalue weighted by atomic mass is 9.48. The first-order chi connectivity index (χ1) is 9.14. The quantitative estimate of drug-likeness (QED) is 0.799. The summed E-state index contributed by atoms with van der Waals surface area (Å²) in [5.41, 5.74) is 2.00. The van der Waals surface area contributed by atoms with Crippen molar-refractivity contribution in [2.24, 2.45) is 17.8 Å². The zero-order valence-electron chi connectivity index (χ0n) is 11.6. The van der Waals surface area contributed by atoms with E-state index in [9.17, 15) is 4.21 Å². The van der Waals surface area contributed by atoms with Gasteiger partial charge < -0.3 is 0 Å². The summed E-state index contributed by atoms with van der Waals surface area (Å²) in [6.45, 7) is 0. The monoisotopic (exact) mass is 274 g/mol. The van der Waals surface area contributed by atoms with E-state index in [0.29, 0.717) is 5.41 Å². The van der Waals surface area contributed by atoms with Crippen LogP contribution in [-0.2, 0) is 16.2 Å². The van der Waals surface area contributed by atoms with Gasteiger partial charge in [-0.15, -0.1) is 0 Å². The van der Waals surface area contributed by atoms with Crippen molar-refractivity contribution in [2.75, 3.05) is 6.26 Å². The molecule has 102 valence electrons. The van der Waals surface area contributed by atoms with E-state index in [1.807, 2.05) is 0 Å². The molecule has 4 aliphatic carbocycles. The Labute approximate surface area is 118 Å². The smallest absolute Gasteiger partial charge is 0.0498 e. The van der Waals surface area contributed by atoms with E-state index in [4.69, 9.17) is 0 Å². The van der Waals surface area contributed by atoms with Gasteiger partial charge in [-0.1, -0.05) is 12.1 Å². The van der Waals surface area contributed by atoms with Gasteiger partial charge in [0.25, 0.3) is 0 Å². The van der Waals surface area contributed by atoms with Crippen molar-refractivity contribution in [3.63, 3.8) is 0 Å². The van der Waals surface area contributed by atoms with Gasteiger partial charge in [0.2, 0.25) is 0 Å². The number of benzene rings is 1. The summed E-state index contributed by atoms with van der Waals surface area (Å²) in [5.74, 6) is 2.98. The van der Waals surface area contributed by atoms with Gasteiger partial charge in [0.15, 0.2) is 0 Å². The van der Waals surface area contributed by atoms with Gasteiger partial charge in [0.1, 0.15) is 0 Å². The fourth-order valence-electron chi connectivity index (χ4n) is 5.46. The predicted octanol–water partition coefficient (Wildman–Crippen LogP) is 3.89. The maximum absolute atomic E-state index is 11.5. The standard InChI is InChI=1S/C17H22OS/c1-19(18)16-4-2-15(3-5-16)17-9-12-6-13(10-17)8-14(7-12)11-17/h2-5,12-14H,6-11H2,1H3. The highest BCUT2D eigenvalue weighted by molar-refractivity contribution is 7.84. The summed E-state index contributed by atoms with van der Waals surface area (Å²) in [7, 11) is -0.849. The van der Waals surface area contributed by atoms with E-state index >= 15 is 0 Å². The molecule has 4 saturated carbocycles. The summed E-state index contributed by atoms with van der Waals surface area (Å²) in [6, 6.07) is 8.71. The molecule has 0 N–H and O–H groups in total. The summed E-state index contributed by atoms with van der Waals surface area (Å²) in [4.78, 5) is 0.966. The van der Waals surface area contributed by atoms with Gasteiger partial charge in [-0.2, -0.15) is 0 Å². The first kappa shape index (κ1) is 12.1. The van der Waals surface area contributed by atoms with Crippen LogP contribution in [0.25, 0.3) is 0 Å². The maximum atomic E-state index is 11.5. The molecule has 1 unspecified atom stereocenters. The van der Waals surface area contributed by atoms with E-state index in [-0.39, 0.29) is 0 Å². The van der Waals surface area contributed by atoms with Gasteiger partial charge in [0, 0.05) is 22.0 Å². The largest absolute Gasteiger partial charge is 0.255 e. The van der Waals surface area contributed by atoms with Crippen LogP contribution in [0.3, 0.4) is 0 Å². The van der Waals surface area contributed by atoms with Crippen LogP contribution in [-0.4, -0.2) is 10.5 Å². The third-order valence-corrected chi connectivity index (χ3v) is 6.77. The predicted molar refractivity (Wildman–Crippen MR) is 78.6 cm³/mol. The van der Waals surface area contributed by atoms with Crippen LogP contribution in [0.4, 0.5) is 0 Å². The first-order valence-corrected chi connectivity index (χ1v) is 9.14. The summed E-state index contributed by atoms with van der Waals surface area (Å²) >= 11 is 0. The van der Waals surface area contributed by atoms with Crippen LogP contribution < -0.4 is 0 Å². The summed E-state index contributed by atoms with van der Waals surface area (Å²) in [5, 5.41) is 0. The minimum absolute atomic E-state index is 0.475. The molecular formula is C17H22OS. The molecule has 4 bridgehead atoms. The van der Waals surface area contributed by atoms with Crippen molar-refractivity contribution >= 4 is 10.8 Å². The average molecular weight is 274 g/mol. The molecule has 1 atom stereocenters. The van der Waals surface area contributed by atoms with Crippen molar-refractivity contribution in [3.05, 3.63) is 29.8 Å².